The fourth-order valence-corrected chi connectivity index (χ4v) is 3.03. The minimum absolute atomic E-state index is 0.123. The summed E-state index contributed by atoms with van der Waals surface area (Å²) in [6, 6.07) is 8.38. The molecular formula is C17H25NO3. The molecule has 0 amide bonds. The molecular weight excluding hydrogens is 266 g/mol. The maximum atomic E-state index is 11.1. The number of ether oxygens (including phenoxy) is 1. The first-order valence-electron chi connectivity index (χ1n) is 7.86. The van der Waals surface area contributed by atoms with Crippen LogP contribution in [-0.4, -0.2) is 35.2 Å². The standard InChI is InChI=1S/C17H25NO3/c1-2-21-16-10-8-14(9-11-16)12-18(13-17(19)20)15-6-4-3-5-7-15/h8-11,15H,2-7,12-13H2,1H3,(H,19,20). The summed E-state index contributed by atoms with van der Waals surface area (Å²) >= 11 is 0. The van der Waals surface area contributed by atoms with Crippen molar-refractivity contribution >= 4 is 5.97 Å². The molecule has 0 radical (unpaired) electrons. The molecule has 116 valence electrons. The molecule has 4 nitrogen and oxygen atoms in total. The number of carbonyl (C=O) groups is 1. The van der Waals surface area contributed by atoms with Crippen LogP contribution < -0.4 is 4.74 Å². The van der Waals surface area contributed by atoms with Crippen molar-refractivity contribution < 1.29 is 14.6 Å². The number of rotatable bonds is 7. The number of aliphatic carboxylic acids is 1. The number of carboxylic acids is 1. The lowest BCUT2D eigenvalue weighted by molar-refractivity contribution is -0.139. The molecule has 0 bridgehead atoms. The summed E-state index contributed by atoms with van der Waals surface area (Å²) in [6.45, 7) is 3.44. The Balaban J connectivity index is 2.01. The molecule has 1 aromatic carbocycles. The van der Waals surface area contributed by atoms with E-state index in [4.69, 9.17) is 9.84 Å². The normalized spacial score (nSPS) is 16.1. The average Bonchev–Trinajstić information content (AvgIpc) is 2.49. The highest BCUT2D eigenvalue weighted by atomic mass is 16.5. The van der Waals surface area contributed by atoms with Gasteiger partial charge >= 0.3 is 5.97 Å². The Morgan fingerprint density at radius 1 is 1.24 bits per heavy atom. The van der Waals surface area contributed by atoms with Gasteiger partial charge in [0.2, 0.25) is 0 Å². The van der Waals surface area contributed by atoms with Crippen molar-refractivity contribution in [1.82, 2.24) is 4.90 Å². The van der Waals surface area contributed by atoms with Crippen LogP contribution in [-0.2, 0) is 11.3 Å². The van der Waals surface area contributed by atoms with Crippen LogP contribution in [0, 0.1) is 0 Å². The highest BCUT2D eigenvalue weighted by molar-refractivity contribution is 5.69. The summed E-state index contributed by atoms with van der Waals surface area (Å²) in [7, 11) is 0. The number of hydrogen-bond acceptors (Lipinski definition) is 3. The third-order valence-corrected chi connectivity index (χ3v) is 4.05. The summed E-state index contributed by atoms with van der Waals surface area (Å²) in [5.74, 6) is 0.121. The van der Waals surface area contributed by atoms with Crippen molar-refractivity contribution in [3.8, 4) is 5.75 Å². The van der Waals surface area contributed by atoms with Gasteiger partial charge in [0, 0.05) is 12.6 Å². The lowest BCUT2D eigenvalue weighted by atomic mass is 9.94. The van der Waals surface area contributed by atoms with Crippen LogP contribution in [0.4, 0.5) is 0 Å². The van der Waals surface area contributed by atoms with E-state index in [0.717, 1.165) is 24.2 Å². The van der Waals surface area contributed by atoms with Crippen LogP contribution in [0.15, 0.2) is 24.3 Å². The van der Waals surface area contributed by atoms with E-state index >= 15 is 0 Å². The molecule has 0 unspecified atom stereocenters. The third kappa shape index (κ3) is 5.05. The Kier molecular flexibility index (Phi) is 6.05. The van der Waals surface area contributed by atoms with Gasteiger partial charge in [0.15, 0.2) is 0 Å². The minimum Gasteiger partial charge on any atom is -0.494 e. The number of benzene rings is 1. The Hall–Kier alpha value is -1.55. The zero-order chi connectivity index (χ0) is 15.1. The third-order valence-electron chi connectivity index (χ3n) is 4.05. The van der Waals surface area contributed by atoms with Gasteiger partial charge in [0.05, 0.1) is 13.2 Å². The quantitative estimate of drug-likeness (QED) is 0.837. The largest absolute Gasteiger partial charge is 0.494 e. The summed E-state index contributed by atoms with van der Waals surface area (Å²) in [6.07, 6.45) is 5.93. The Morgan fingerprint density at radius 3 is 2.48 bits per heavy atom. The average molecular weight is 291 g/mol. The molecule has 0 aromatic heterocycles. The van der Waals surface area contributed by atoms with Gasteiger partial charge in [-0.15, -0.1) is 0 Å². The molecule has 21 heavy (non-hydrogen) atoms. The van der Waals surface area contributed by atoms with Crippen LogP contribution in [0.25, 0.3) is 0 Å². The van der Waals surface area contributed by atoms with E-state index < -0.39 is 5.97 Å². The summed E-state index contributed by atoms with van der Waals surface area (Å²) in [5, 5.41) is 9.14. The van der Waals surface area contributed by atoms with E-state index in [-0.39, 0.29) is 6.54 Å². The maximum absolute atomic E-state index is 11.1. The second-order valence-electron chi connectivity index (χ2n) is 5.67. The second kappa shape index (κ2) is 8.03. The first kappa shape index (κ1) is 15.8. The molecule has 1 aliphatic carbocycles. The summed E-state index contributed by atoms with van der Waals surface area (Å²) in [5.41, 5.74) is 1.14. The smallest absolute Gasteiger partial charge is 0.317 e. The van der Waals surface area contributed by atoms with Gasteiger partial charge in [-0.05, 0) is 37.5 Å². The van der Waals surface area contributed by atoms with E-state index in [1.165, 1.54) is 19.3 Å². The first-order chi connectivity index (χ1) is 10.2. The first-order valence-corrected chi connectivity index (χ1v) is 7.86. The predicted molar refractivity (Wildman–Crippen MR) is 82.5 cm³/mol. The monoisotopic (exact) mass is 291 g/mol. The van der Waals surface area contributed by atoms with E-state index in [1.807, 2.05) is 31.2 Å². The van der Waals surface area contributed by atoms with Crippen LogP contribution in [0.3, 0.4) is 0 Å². The molecule has 4 heteroatoms. The predicted octanol–water partition coefficient (Wildman–Crippen LogP) is 3.30. The Bertz CT molecular complexity index is 438. The molecule has 0 aliphatic heterocycles. The number of nitrogens with zero attached hydrogens (tertiary/aromatic N) is 1. The molecule has 1 saturated carbocycles. The van der Waals surface area contributed by atoms with Crippen molar-refractivity contribution in [2.45, 2.75) is 51.6 Å². The van der Waals surface area contributed by atoms with Crippen LogP contribution in [0.1, 0.15) is 44.6 Å². The molecule has 1 fully saturated rings. The van der Waals surface area contributed by atoms with Crippen LogP contribution in [0.5, 0.6) is 5.75 Å². The summed E-state index contributed by atoms with van der Waals surface area (Å²) in [4.78, 5) is 13.2. The Morgan fingerprint density at radius 2 is 1.90 bits per heavy atom. The lowest BCUT2D eigenvalue weighted by Crippen LogP contribution is -2.39. The van der Waals surface area contributed by atoms with Gasteiger partial charge in [-0.1, -0.05) is 31.4 Å². The van der Waals surface area contributed by atoms with Gasteiger partial charge in [-0.2, -0.15) is 0 Å². The van der Waals surface area contributed by atoms with Gasteiger partial charge in [0.1, 0.15) is 5.75 Å². The van der Waals surface area contributed by atoms with E-state index in [9.17, 15) is 4.79 Å². The van der Waals surface area contributed by atoms with Crippen molar-refractivity contribution in [3.05, 3.63) is 29.8 Å². The van der Waals surface area contributed by atoms with Crippen LogP contribution >= 0.6 is 0 Å². The molecule has 1 N–H and O–H groups in total. The SMILES string of the molecule is CCOc1ccc(CN(CC(=O)O)C2CCCCC2)cc1. The van der Waals surface area contributed by atoms with E-state index in [2.05, 4.69) is 4.90 Å². The van der Waals surface area contributed by atoms with Gasteiger partial charge in [0.25, 0.3) is 0 Å². The molecule has 0 spiro atoms. The molecule has 0 atom stereocenters. The van der Waals surface area contributed by atoms with E-state index in [0.29, 0.717) is 19.2 Å². The molecule has 0 heterocycles. The maximum Gasteiger partial charge on any atom is 0.317 e. The highest BCUT2D eigenvalue weighted by Crippen LogP contribution is 2.24. The van der Waals surface area contributed by atoms with Crippen molar-refractivity contribution in [1.29, 1.82) is 0 Å². The minimum atomic E-state index is -0.744. The zero-order valence-corrected chi connectivity index (χ0v) is 12.8. The number of carboxylic acid groups (broad SMARTS) is 1. The fourth-order valence-electron chi connectivity index (χ4n) is 3.03. The zero-order valence-electron chi connectivity index (χ0n) is 12.8. The fraction of sp³-hybridized carbons (Fsp3) is 0.588. The van der Waals surface area contributed by atoms with Crippen molar-refractivity contribution in [2.24, 2.45) is 0 Å². The summed E-state index contributed by atoms with van der Waals surface area (Å²) < 4.78 is 5.44. The second-order valence-corrected chi connectivity index (χ2v) is 5.67. The van der Waals surface area contributed by atoms with Gasteiger partial charge in [-0.3, -0.25) is 9.69 Å². The van der Waals surface area contributed by atoms with E-state index in [1.54, 1.807) is 0 Å². The van der Waals surface area contributed by atoms with Crippen LogP contribution in [0.2, 0.25) is 0 Å². The van der Waals surface area contributed by atoms with Crippen molar-refractivity contribution in [3.63, 3.8) is 0 Å². The number of hydrogen-bond donors (Lipinski definition) is 1. The Labute approximate surface area is 126 Å². The van der Waals surface area contributed by atoms with Gasteiger partial charge < -0.3 is 9.84 Å². The topological polar surface area (TPSA) is 49.8 Å². The molecule has 0 saturated heterocycles. The highest BCUT2D eigenvalue weighted by Gasteiger charge is 2.23. The lowest BCUT2D eigenvalue weighted by Gasteiger charge is -2.33. The van der Waals surface area contributed by atoms with Crippen molar-refractivity contribution in [2.75, 3.05) is 13.2 Å². The molecule has 1 aliphatic rings. The molecule has 1 aromatic rings. The molecule has 2 rings (SSSR count). The van der Waals surface area contributed by atoms with Gasteiger partial charge in [-0.25, -0.2) is 0 Å².